The fourth-order valence-electron chi connectivity index (χ4n) is 2.15. The van der Waals surface area contributed by atoms with E-state index in [1.54, 1.807) is 18.2 Å². The second kappa shape index (κ2) is 9.61. The van der Waals surface area contributed by atoms with Crippen LogP contribution in [0.2, 0.25) is 0 Å². The van der Waals surface area contributed by atoms with Crippen molar-refractivity contribution in [1.29, 1.82) is 0 Å². The number of halogens is 1. The zero-order valence-corrected chi connectivity index (χ0v) is 15.5. The van der Waals surface area contributed by atoms with Crippen LogP contribution < -0.4 is 15.6 Å². The van der Waals surface area contributed by atoms with Crippen LogP contribution in [0.1, 0.15) is 16.3 Å². The quantitative estimate of drug-likeness (QED) is 0.468. The number of amides is 2. The number of furan rings is 1. The molecule has 3 aromatic rings. The molecule has 3 rings (SSSR count). The molecule has 2 aromatic carbocycles. The number of ether oxygens (including phenoxy) is 1. The molecule has 0 radical (unpaired) electrons. The van der Waals surface area contributed by atoms with Crippen molar-refractivity contribution in [3.8, 4) is 5.75 Å². The van der Waals surface area contributed by atoms with Gasteiger partial charge in [0.2, 0.25) is 5.91 Å². The van der Waals surface area contributed by atoms with Gasteiger partial charge in [0.15, 0.2) is 5.76 Å². The van der Waals surface area contributed by atoms with Crippen LogP contribution in [0, 0.1) is 5.82 Å². The van der Waals surface area contributed by atoms with E-state index in [-0.39, 0.29) is 23.9 Å². The molecule has 0 unspecified atom stereocenters. The summed E-state index contributed by atoms with van der Waals surface area (Å²) in [4.78, 5) is 24.6. The van der Waals surface area contributed by atoms with E-state index in [9.17, 15) is 14.0 Å². The average molecular weight is 400 g/mol. The summed E-state index contributed by atoms with van der Waals surface area (Å²) in [6.07, 6.45) is 0. The van der Waals surface area contributed by atoms with E-state index in [0.29, 0.717) is 11.5 Å². The molecule has 0 saturated carbocycles. The first-order chi connectivity index (χ1) is 13.6. The molecule has 0 bridgehead atoms. The highest BCUT2D eigenvalue weighted by Gasteiger charge is 2.13. The van der Waals surface area contributed by atoms with E-state index >= 15 is 0 Å². The minimum atomic E-state index is -0.578. The Kier molecular flexibility index (Phi) is 6.69. The number of carbonyl (C=O) groups excluding carboxylic acids is 2. The van der Waals surface area contributed by atoms with Crippen LogP contribution in [-0.2, 0) is 11.4 Å². The van der Waals surface area contributed by atoms with Gasteiger partial charge in [-0.1, -0.05) is 18.2 Å². The van der Waals surface area contributed by atoms with Gasteiger partial charge in [-0.3, -0.25) is 20.4 Å². The van der Waals surface area contributed by atoms with Crippen LogP contribution >= 0.6 is 11.8 Å². The molecule has 0 atom stereocenters. The third kappa shape index (κ3) is 5.88. The molecule has 0 spiro atoms. The average Bonchev–Trinajstić information content (AvgIpc) is 3.20. The molecule has 0 saturated heterocycles. The van der Waals surface area contributed by atoms with Crippen LogP contribution in [-0.4, -0.2) is 17.6 Å². The molecule has 28 heavy (non-hydrogen) atoms. The predicted octanol–water partition coefficient (Wildman–Crippen LogP) is 3.55. The Balaban J connectivity index is 1.41. The Hall–Kier alpha value is -3.26. The molecule has 144 valence electrons. The summed E-state index contributed by atoms with van der Waals surface area (Å²) in [6.45, 7) is 0.179. The second-order valence-electron chi connectivity index (χ2n) is 5.61. The first-order valence-electron chi connectivity index (χ1n) is 8.34. The fourth-order valence-corrected chi connectivity index (χ4v) is 2.85. The van der Waals surface area contributed by atoms with Gasteiger partial charge in [-0.2, -0.15) is 0 Å². The fraction of sp³-hybridized carbons (Fsp3) is 0.100. The van der Waals surface area contributed by atoms with E-state index in [4.69, 9.17) is 9.15 Å². The third-order valence-electron chi connectivity index (χ3n) is 3.51. The maximum atomic E-state index is 12.8. The number of thioether (sulfide) groups is 1. The lowest BCUT2D eigenvalue weighted by atomic mass is 10.3. The summed E-state index contributed by atoms with van der Waals surface area (Å²) in [6, 6.07) is 18.1. The summed E-state index contributed by atoms with van der Waals surface area (Å²) in [5.41, 5.74) is 4.59. The normalized spacial score (nSPS) is 10.3. The highest BCUT2D eigenvalue weighted by molar-refractivity contribution is 8.00. The van der Waals surface area contributed by atoms with Crippen molar-refractivity contribution in [3.63, 3.8) is 0 Å². The molecule has 1 heterocycles. The molecule has 0 aliphatic carbocycles. The lowest BCUT2D eigenvalue weighted by molar-refractivity contribution is -0.119. The zero-order chi connectivity index (χ0) is 19.8. The molecule has 0 aliphatic rings. The number of carbonyl (C=O) groups is 2. The Labute approximate surface area is 165 Å². The van der Waals surface area contributed by atoms with E-state index < -0.39 is 11.8 Å². The lowest BCUT2D eigenvalue weighted by Gasteiger charge is -2.06. The molecular weight excluding hydrogens is 383 g/mol. The van der Waals surface area contributed by atoms with E-state index in [1.165, 1.54) is 30.0 Å². The highest BCUT2D eigenvalue weighted by Crippen LogP contribution is 2.17. The van der Waals surface area contributed by atoms with Crippen molar-refractivity contribution in [2.24, 2.45) is 0 Å². The van der Waals surface area contributed by atoms with Crippen molar-refractivity contribution in [2.75, 3.05) is 5.75 Å². The lowest BCUT2D eigenvalue weighted by Crippen LogP contribution is -2.42. The highest BCUT2D eigenvalue weighted by atomic mass is 32.2. The zero-order valence-electron chi connectivity index (χ0n) is 14.7. The molecular formula is C20H17FN2O4S. The molecule has 6 nitrogen and oxygen atoms in total. The van der Waals surface area contributed by atoms with Gasteiger partial charge in [0.25, 0.3) is 0 Å². The topological polar surface area (TPSA) is 80.6 Å². The van der Waals surface area contributed by atoms with Gasteiger partial charge in [0, 0.05) is 4.90 Å². The van der Waals surface area contributed by atoms with Crippen molar-refractivity contribution in [1.82, 2.24) is 10.9 Å². The molecule has 1 aromatic heterocycles. The third-order valence-corrected chi connectivity index (χ3v) is 4.52. The molecule has 0 fully saturated rings. The van der Waals surface area contributed by atoms with E-state index in [1.807, 2.05) is 30.3 Å². The van der Waals surface area contributed by atoms with Crippen LogP contribution in [0.4, 0.5) is 4.39 Å². The monoisotopic (exact) mass is 400 g/mol. The maximum absolute atomic E-state index is 12.8. The van der Waals surface area contributed by atoms with Gasteiger partial charge < -0.3 is 9.15 Å². The molecule has 8 heteroatoms. The van der Waals surface area contributed by atoms with Gasteiger partial charge in [0.05, 0.1) is 5.75 Å². The summed E-state index contributed by atoms with van der Waals surface area (Å²) >= 11 is 1.22. The number of hydrogen-bond acceptors (Lipinski definition) is 5. The Morgan fingerprint density at radius 2 is 1.71 bits per heavy atom. The molecule has 0 aliphatic heterocycles. The van der Waals surface area contributed by atoms with Crippen LogP contribution in [0.25, 0.3) is 0 Å². The Bertz CT molecular complexity index is 929. The van der Waals surface area contributed by atoms with Crippen molar-refractivity contribution < 1.29 is 23.1 Å². The number of hydrogen-bond donors (Lipinski definition) is 2. The standard InChI is InChI=1S/C20H17FN2O4S/c21-14-6-9-17(10-7-14)28-13-19(24)22-23-20(25)18-11-8-16(27-18)12-26-15-4-2-1-3-5-15/h1-11H,12-13H2,(H,22,24)(H,23,25). The number of benzene rings is 2. The van der Waals surface area contributed by atoms with Crippen molar-refractivity contribution in [3.05, 3.63) is 84.1 Å². The van der Waals surface area contributed by atoms with Crippen LogP contribution in [0.5, 0.6) is 5.75 Å². The van der Waals surface area contributed by atoms with Gasteiger partial charge in [-0.25, -0.2) is 4.39 Å². The minimum Gasteiger partial charge on any atom is -0.486 e. The van der Waals surface area contributed by atoms with Gasteiger partial charge in [0.1, 0.15) is 23.9 Å². The van der Waals surface area contributed by atoms with Gasteiger partial charge >= 0.3 is 5.91 Å². The maximum Gasteiger partial charge on any atom is 0.305 e. The summed E-state index contributed by atoms with van der Waals surface area (Å²) < 4.78 is 23.8. The SMILES string of the molecule is O=C(CSc1ccc(F)cc1)NNC(=O)c1ccc(COc2ccccc2)o1. The molecule has 2 amide bonds. The first kappa shape index (κ1) is 19.5. The van der Waals surface area contributed by atoms with E-state index in [2.05, 4.69) is 10.9 Å². The van der Waals surface area contributed by atoms with Gasteiger partial charge in [-0.15, -0.1) is 11.8 Å². The Morgan fingerprint density at radius 3 is 2.46 bits per heavy atom. The number of rotatable bonds is 7. The summed E-state index contributed by atoms with van der Waals surface area (Å²) in [7, 11) is 0. The first-order valence-corrected chi connectivity index (χ1v) is 9.33. The number of nitrogens with one attached hydrogen (secondary N) is 2. The van der Waals surface area contributed by atoms with Crippen LogP contribution in [0.3, 0.4) is 0 Å². The van der Waals surface area contributed by atoms with E-state index in [0.717, 1.165) is 4.90 Å². The second-order valence-corrected chi connectivity index (χ2v) is 6.66. The number of hydrazine groups is 1. The summed E-state index contributed by atoms with van der Waals surface area (Å²) in [5.74, 6) is -0.0255. The molecule has 2 N–H and O–H groups in total. The van der Waals surface area contributed by atoms with Gasteiger partial charge in [-0.05, 0) is 48.5 Å². The number of para-hydroxylation sites is 1. The minimum absolute atomic E-state index is 0.0538. The van der Waals surface area contributed by atoms with Crippen molar-refractivity contribution >= 4 is 23.6 Å². The predicted molar refractivity (Wildman–Crippen MR) is 102 cm³/mol. The Morgan fingerprint density at radius 1 is 0.964 bits per heavy atom. The summed E-state index contributed by atoms with van der Waals surface area (Å²) in [5, 5.41) is 0. The smallest absolute Gasteiger partial charge is 0.305 e. The largest absolute Gasteiger partial charge is 0.486 e. The van der Waals surface area contributed by atoms with Crippen molar-refractivity contribution in [2.45, 2.75) is 11.5 Å². The van der Waals surface area contributed by atoms with Crippen LogP contribution in [0.15, 0.2) is 76.0 Å².